The van der Waals surface area contributed by atoms with Crippen molar-refractivity contribution in [2.45, 2.75) is 38.5 Å². The zero-order chi connectivity index (χ0) is 12.1. The second-order valence-corrected chi connectivity index (χ2v) is 5.29. The Hall–Kier alpha value is -1.22. The standard InChI is InChI=1S/C12H20N4O/c13-15-14-7-11-6-12(17)16(9-11)8-10-4-2-1-3-5-10/h10-11H,1-9H2. The summed E-state index contributed by atoms with van der Waals surface area (Å²) in [5.74, 6) is 1.18. The van der Waals surface area contributed by atoms with Gasteiger partial charge in [0.05, 0.1) is 0 Å². The second-order valence-electron chi connectivity index (χ2n) is 5.29. The molecule has 1 saturated heterocycles. The van der Waals surface area contributed by atoms with Crippen LogP contribution in [-0.2, 0) is 4.79 Å². The molecule has 1 aliphatic heterocycles. The highest BCUT2D eigenvalue weighted by Crippen LogP contribution is 2.27. The normalized spacial score (nSPS) is 26.0. The number of amides is 1. The molecule has 0 bridgehead atoms. The van der Waals surface area contributed by atoms with Gasteiger partial charge in [0, 0.05) is 31.0 Å². The van der Waals surface area contributed by atoms with Gasteiger partial charge in [-0.25, -0.2) is 0 Å². The number of nitrogens with zero attached hydrogens (tertiary/aromatic N) is 4. The van der Waals surface area contributed by atoms with E-state index in [0.29, 0.717) is 18.9 Å². The molecule has 2 fully saturated rings. The first-order valence-corrected chi connectivity index (χ1v) is 6.58. The lowest BCUT2D eigenvalue weighted by Crippen LogP contribution is -2.32. The van der Waals surface area contributed by atoms with E-state index in [-0.39, 0.29) is 11.8 Å². The fraction of sp³-hybridized carbons (Fsp3) is 0.917. The molecule has 0 N–H and O–H groups in total. The zero-order valence-corrected chi connectivity index (χ0v) is 10.2. The quantitative estimate of drug-likeness (QED) is 0.420. The van der Waals surface area contributed by atoms with Gasteiger partial charge in [-0.15, -0.1) is 0 Å². The number of rotatable bonds is 4. The lowest BCUT2D eigenvalue weighted by molar-refractivity contribution is -0.128. The van der Waals surface area contributed by atoms with Crippen molar-refractivity contribution in [1.82, 2.24) is 4.90 Å². The van der Waals surface area contributed by atoms with E-state index in [9.17, 15) is 4.79 Å². The highest BCUT2D eigenvalue weighted by molar-refractivity contribution is 5.78. The van der Waals surface area contributed by atoms with E-state index in [1.54, 1.807) is 0 Å². The number of azide groups is 1. The molecule has 1 heterocycles. The van der Waals surface area contributed by atoms with E-state index in [1.165, 1.54) is 32.1 Å². The Kier molecular flexibility index (Phi) is 4.26. The number of hydrogen-bond acceptors (Lipinski definition) is 2. The Morgan fingerprint density at radius 2 is 2.06 bits per heavy atom. The summed E-state index contributed by atoms with van der Waals surface area (Å²) in [7, 11) is 0. The van der Waals surface area contributed by atoms with Gasteiger partial charge in [-0.2, -0.15) is 0 Å². The number of hydrogen-bond donors (Lipinski definition) is 0. The minimum atomic E-state index is 0.238. The van der Waals surface area contributed by atoms with Crippen LogP contribution in [0.5, 0.6) is 0 Å². The molecule has 2 rings (SSSR count). The van der Waals surface area contributed by atoms with Gasteiger partial charge in [-0.1, -0.05) is 24.4 Å². The topological polar surface area (TPSA) is 69.1 Å². The maximum Gasteiger partial charge on any atom is 0.222 e. The van der Waals surface area contributed by atoms with Crippen LogP contribution in [0.1, 0.15) is 38.5 Å². The van der Waals surface area contributed by atoms with Crippen LogP contribution in [0.15, 0.2) is 5.11 Å². The van der Waals surface area contributed by atoms with Crippen molar-refractivity contribution in [3.05, 3.63) is 10.4 Å². The van der Waals surface area contributed by atoms with Gasteiger partial charge in [-0.3, -0.25) is 4.79 Å². The second kappa shape index (κ2) is 5.92. The molecule has 1 aliphatic carbocycles. The highest BCUT2D eigenvalue weighted by Gasteiger charge is 2.30. The summed E-state index contributed by atoms with van der Waals surface area (Å²) in [4.78, 5) is 16.6. The molecular weight excluding hydrogens is 216 g/mol. The number of likely N-dealkylation sites (tertiary alicyclic amines) is 1. The summed E-state index contributed by atoms with van der Waals surface area (Å²) < 4.78 is 0. The van der Waals surface area contributed by atoms with Crippen molar-refractivity contribution in [3.63, 3.8) is 0 Å². The van der Waals surface area contributed by atoms with Gasteiger partial charge in [0.15, 0.2) is 0 Å². The van der Waals surface area contributed by atoms with Crippen LogP contribution in [0, 0.1) is 11.8 Å². The smallest absolute Gasteiger partial charge is 0.222 e. The van der Waals surface area contributed by atoms with Gasteiger partial charge in [0.2, 0.25) is 5.91 Å². The first-order chi connectivity index (χ1) is 8.29. The van der Waals surface area contributed by atoms with E-state index in [4.69, 9.17) is 5.53 Å². The van der Waals surface area contributed by atoms with Gasteiger partial charge in [0.1, 0.15) is 0 Å². The predicted molar refractivity (Wildman–Crippen MR) is 65.3 cm³/mol. The molecule has 94 valence electrons. The van der Waals surface area contributed by atoms with Gasteiger partial charge < -0.3 is 4.90 Å². The Balaban J connectivity index is 1.80. The molecule has 0 aromatic rings. The lowest BCUT2D eigenvalue weighted by Gasteiger charge is -2.27. The van der Waals surface area contributed by atoms with Crippen molar-refractivity contribution < 1.29 is 4.79 Å². The zero-order valence-electron chi connectivity index (χ0n) is 10.2. The summed E-state index contributed by atoms with van der Waals surface area (Å²) in [6, 6.07) is 0. The summed E-state index contributed by atoms with van der Waals surface area (Å²) in [6.45, 7) is 2.17. The molecule has 1 amide bonds. The average molecular weight is 236 g/mol. The molecule has 0 aromatic heterocycles. The van der Waals surface area contributed by atoms with E-state index < -0.39 is 0 Å². The van der Waals surface area contributed by atoms with Crippen LogP contribution in [0.25, 0.3) is 10.4 Å². The van der Waals surface area contributed by atoms with Crippen molar-refractivity contribution >= 4 is 5.91 Å². The maximum absolute atomic E-state index is 11.8. The molecule has 1 atom stereocenters. The maximum atomic E-state index is 11.8. The van der Waals surface area contributed by atoms with Crippen LogP contribution >= 0.6 is 0 Å². The molecule has 0 radical (unpaired) electrons. The molecule has 1 unspecified atom stereocenters. The molecule has 5 heteroatoms. The lowest BCUT2D eigenvalue weighted by atomic mass is 9.89. The molecule has 0 aromatic carbocycles. The Morgan fingerprint density at radius 3 is 2.76 bits per heavy atom. The van der Waals surface area contributed by atoms with Crippen molar-refractivity contribution in [2.24, 2.45) is 17.0 Å². The fourth-order valence-electron chi connectivity index (χ4n) is 2.99. The third-order valence-electron chi connectivity index (χ3n) is 3.90. The van der Waals surface area contributed by atoms with Crippen LogP contribution in [0.2, 0.25) is 0 Å². The van der Waals surface area contributed by atoms with Crippen LogP contribution in [0.3, 0.4) is 0 Å². The van der Waals surface area contributed by atoms with Crippen LogP contribution in [0.4, 0.5) is 0 Å². The first kappa shape index (κ1) is 12.2. The Bertz CT molecular complexity index is 318. The van der Waals surface area contributed by atoms with Gasteiger partial charge in [0.25, 0.3) is 0 Å². The minimum Gasteiger partial charge on any atom is -0.342 e. The van der Waals surface area contributed by atoms with Crippen molar-refractivity contribution in [3.8, 4) is 0 Å². The Morgan fingerprint density at radius 1 is 1.29 bits per heavy atom. The van der Waals surface area contributed by atoms with E-state index in [2.05, 4.69) is 10.0 Å². The van der Waals surface area contributed by atoms with Gasteiger partial charge in [-0.05, 0) is 30.2 Å². The predicted octanol–water partition coefficient (Wildman–Crippen LogP) is 2.73. The minimum absolute atomic E-state index is 0.238. The average Bonchev–Trinajstić information content (AvgIpc) is 2.69. The van der Waals surface area contributed by atoms with Crippen LogP contribution < -0.4 is 0 Å². The van der Waals surface area contributed by atoms with E-state index in [1.807, 2.05) is 4.90 Å². The number of carbonyl (C=O) groups is 1. The monoisotopic (exact) mass is 236 g/mol. The summed E-state index contributed by atoms with van der Waals surface area (Å²) >= 11 is 0. The summed E-state index contributed by atoms with van der Waals surface area (Å²) in [5, 5.41) is 3.57. The SMILES string of the molecule is [N-]=[N+]=NCC1CC(=O)N(CC2CCCCC2)C1. The van der Waals surface area contributed by atoms with E-state index >= 15 is 0 Å². The van der Waals surface area contributed by atoms with Crippen molar-refractivity contribution in [2.75, 3.05) is 19.6 Å². The molecule has 2 aliphatic rings. The third kappa shape index (κ3) is 3.37. The first-order valence-electron chi connectivity index (χ1n) is 6.58. The molecule has 5 nitrogen and oxygen atoms in total. The third-order valence-corrected chi connectivity index (χ3v) is 3.90. The highest BCUT2D eigenvalue weighted by atomic mass is 16.2. The number of carbonyl (C=O) groups excluding carboxylic acids is 1. The molecule has 0 spiro atoms. The molecule has 1 saturated carbocycles. The molecular formula is C12H20N4O. The fourth-order valence-corrected chi connectivity index (χ4v) is 2.99. The summed E-state index contributed by atoms with van der Waals surface area (Å²) in [6.07, 6.45) is 7.08. The van der Waals surface area contributed by atoms with Gasteiger partial charge >= 0.3 is 0 Å². The van der Waals surface area contributed by atoms with E-state index in [0.717, 1.165) is 13.1 Å². The Labute approximate surface area is 102 Å². The molecule has 17 heavy (non-hydrogen) atoms. The largest absolute Gasteiger partial charge is 0.342 e. The van der Waals surface area contributed by atoms with Crippen LogP contribution in [-0.4, -0.2) is 30.4 Å². The van der Waals surface area contributed by atoms with Crippen molar-refractivity contribution in [1.29, 1.82) is 0 Å². The summed E-state index contributed by atoms with van der Waals surface area (Å²) in [5.41, 5.74) is 8.28.